The predicted octanol–water partition coefficient (Wildman–Crippen LogP) is 3.06. The molecule has 110 valence electrons. The third kappa shape index (κ3) is 2.62. The summed E-state index contributed by atoms with van der Waals surface area (Å²) in [4.78, 5) is 12.6. The number of ketones is 1. The van der Waals surface area contributed by atoms with Crippen molar-refractivity contribution >= 4 is 23.1 Å². The van der Waals surface area contributed by atoms with Gasteiger partial charge in [-0.2, -0.15) is 0 Å². The first kappa shape index (κ1) is 14.1. The maximum absolute atomic E-state index is 12.6. The summed E-state index contributed by atoms with van der Waals surface area (Å²) in [7, 11) is 0. The van der Waals surface area contributed by atoms with E-state index < -0.39 is 0 Å². The summed E-state index contributed by atoms with van der Waals surface area (Å²) in [5, 5.41) is 7.34. The average Bonchev–Trinajstić information content (AvgIpc) is 2.36. The van der Waals surface area contributed by atoms with Crippen LogP contribution >= 0.6 is 12.2 Å². The molecule has 0 spiro atoms. The summed E-state index contributed by atoms with van der Waals surface area (Å²) in [6, 6.07) is 0.155. The molecule has 0 saturated heterocycles. The molecule has 0 aromatic carbocycles. The van der Waals surface area contributed by atoms with E-state index in [9.17, 15) is 4.79 Å². The number of Topliss-reactive ketones (excluding diaryl/α,β-unsaturated/α-hetero) is 1. The van der Waals surface area contributed by atoms with Crippen LogP contribution in [0.3, 0.4) is 0 Å². The lowest BCUT2D eigenvalue weighted by Crippen LogP contribution is -2.55. The van der Waals surface area contributed by atoms with Crippen LogP contribution in [0, 0.1) is 11.3 Å². The van der Waals surface area contributed by atoms with Gasteiger partial charge < -0.3 is 10.6 Å². The van der Waals surface area contributed by atoms with Gasteiger partial charge in [-0.3, -0.25) is 4.79 Å². The van der Waals surface area contributed by atoms with Gasteiger partial charge in [0.25, 0.3) is 0 Å². The normalized spacial score (nSPS) is 30.6. The Morgan fingerprint density at radius 3 is 2.55 bits per heavy atom. The van der Waals surface area contributed by atoms with Gasteiger partial charge in [0.05, 0.1) is 6.04 Å². The largest absolute Gasteiger partial charge is 0.355 e. The van der Waals surface area contributed by atoms with E-state index >= 15 is 0 Å². The number of carbonyl (C=O) groups is 1. The minimum absolute atomic E-state index is 0.0486. The molecular weight excluding hydrogens is 268 g/mol. The van der Waals surface area contributed by atoms with E-state index in [-0.39, 0.29) is 11.5 Å². The number of thiocarbonyl (C=S) groups is 1. The Labute approximate surface area is 126 Å². The van der Waals surface area contributed by atoms with E-state index in [2.05, 4.69) is 24.5 Å². The quantitative estimate of drug-likeness (QED) is 0.729. The molecular formula is C16H24N2OS. The molecule has 0 bridgehead atoms. The molecule has 1 saturated carbocycles. The van der Waals surface area contributed by atoms with Crippen LogP contribution in [-0.2, 0) is 4.79 Å². The van der Waals surface area contributed by atoms with Gasteiger partial charge in [-0.05, 0) is 42.8 Å². The fourth-order valence-electron chi connectivity index (χ4n) is 4.01. The zero-order valence-electron chi connectivity index (χ0n) is 12.4. The third-order valence-corrected chi connectivity index (χ3v) is 5.12. The molecule has 20 heavy (non-hydrogen) atoms. The Bertz CT molecular complexity index is 475. The lowest BCUT2D eigenvalue weighted by atomic mass is 9.70. The van der Waals surface area contributed by atoms with Crippen molar-refractivity contribution in [2.45, 2.75) is 64.8 Å². The Kier molecular flexibility index (Phi) is 3.61. The number of hydrogen-bond donors (Lipinski definition) is 2. The fourth-order valence-corrected chi connectivity index (χ4v) is 4.26. The van der Waals surface area contributed by atoms with E-state index in [4.69, 9.17) is 12.2 Å². The van der Waals surface area contributed by atoms with Crippen molar-refractivity contribution in [1.82, 2.24) is 10.6 Å². The SMILES string of the molecule is CC1(C)CC(=O)C2=C(C1)NC(=S)NC2C1CCCCC1. The van der Waals surface area contributed by atoms with Gasteiger partial charge in [0.1, 0.15) is 0 Å². The van der Waals surface area contributed by atoms with Crippen LogP contribution in [0.2, 0.25) is 0 Å². The Hall–Kier alpha value is -0.900. The van der Waals surface area contributed by atoms with E-state index in [1.54, 1.807) is 0 Å². The minimum atomic E-state index is 0.0486. The van der Waals surface area contributed by atoms with E-state index in [1.807, 2.05) is 0 Å². The molecule has 3 rings (SSSR count). The molecule has 1 heterocycles. The molecule has 2 aliphatic carbocycles. The van der Waals surface area contributed by atoms with Crippen molar-refractivity contribution in [3.05, 3.63) is 11.3 Å². The Morgan fingerprint density at radius 2 is 1.85 bits per heavy atom. The van der Waals surface area contributed by atoms with Gasteiger partial charge >= 0.3 is 0 Å². The molecule has 0 aromatic heterocycles. The zero-order chi connectivity index (χ0) is 14.3. The summed E-state index contributed by atoms with van der Waals surface area (Å²) in [6.45, 7) is 4.33. The summed E-state index contributed by atoms with van der Waals surface area (Å²) >= 11 is 5.37. The van der Waals surface area contributed by atoms with Gasteiger partial charge in [0, 0.05) is 17.7 Å². The molecule has 3 nitrogen and oxygen atoms in total. The third-order valence-electron chi connectivity index (χ3n) is 4.90. The van der Waals surface area contributed by atoms with Crippen LogP contribution in [0.5, 0.6) is 0 Å². The monoisotopic (exact) mass is 292 g/mol. The van der Waals surface area contributed by atoms with Gasteiger partial charge in [0.15, 0.2) is 10.9 Å². The number of nitrogens with one attached hydrogen (secondary N) is 2. The first-order valence-electron chi connectivity index (χ1n) is 7.80. The first-order chi connectivity index (χ1) is 9.46. The van der Waals surface area contributed by atoms with Gasteiger partial charge in [0.2, 0.25) is 0 Å². The molecule has 3 aliphatic rings. The maximum Gasteiger partial charge on any atom is 0.171 e. The number of carbonyl (C=O) groups excluding carboxylic acids is 1. The van der Waals surface area contributed by atoms with Crippen molar-refractivity contribution in [1.29, 1.82) is 0 Å². The van der Waals surface area contributed by atoms with Crippen LogP contribution < -0.4 is 10.6 Å². The van der Waals surface area contributed by atoms with E-state index in [1.165, 1.54) is 32.1 Å². The van der Waals surface area contributed by atoms with Crippen molar-refractivity contribution in [2.24, 2.45) is 11.3 Å². The van der Waals surface area contributed by atoms with Crippen LogP contribution in [0.4, 0.5) is 0 Å². The summed E-state index contributed by atoms with van der Waals surface area (Å²) in [6.07, 6.45) is 7.92. The molecule has 1 unspecified atom stereocenters. The van der Waals surface area contributed by atoms with Crippen LogP contribution in [-0.4, -0.2) is 16.9 Å². The Balaban J connectivity index is 1.93. The molecule has 1 fully saturated rings. The molecule has 1 aliphatic heterocycles. The van der Waals surface area contributed by atoms with Crippen molar-refractivity contribution in [2.75, 3.05) is 0 Å². The van der Waals surface area contributed by atoms with Gasteiger partial charge in [-0.1, -0.05) is 33.1 Å². The molecule has 0 aromatic rings. The predicted molar refractivity (Wildman–Crippen MR) is 84.3 cm³/mol. The summed E-state index contributed by atoms with van der Waals surface area (Å²) in [5.74, 6) is 0.883. The molecule has 4 heteroatoms. The van der Waals surface area contributed by atoms with Crippen LogP contribution in [0.1, 0.15) is 58.8 Å². The topological polar surface area (TPSA) is 41.1 Å². The maximum atomic E-state index is 12.6. The van der Waals surface area contributed by atoms with Crippen LogP contribution in [0.15, 0.2) is 11.3 Å². The highest BCUT2D eigenvalue weighted by Crippen LogP contribution is 2.40. The zero-order valence-corrected chi connectivity index (χ0v) is 13.2. The summed E-state index contributed by atoms with van der Waals surface area (Å²) < 4.78 is 0. The first-order valence-corrected chi connectivity index (χ1v) is 8.21. The number of rotatable bonds is 1. The van der Waals surface area contributed by atoms with E-state index in [0.29, 0.717) is 23.2 Å². The molecule has 0 amide bonds. The van der Waals surface area contributed by atoms with Crippen LogP contribution in [0.25, 0.3) is 0 Å². The Morgan fingerprint density at radius 1 is 1.15 bits per heavy atom. The molecule has 0 radical (unpaired) electrons. The number of allylic oxidation sites excluding steroid dienone is 1. The highest BCUT2D eigenvalue weighted by Gasteiger charge is 2.41. The van der Waals surface area contributed by atoms with Crippen molar-refractivity contribution in [3.8, 4) is 0 Å². The highest BCUT2D eigenvalue weighted by molar-refractivity contribution is 7.80. The second-order valence-corrected chi connectivity index (χ2v) is 7.72. The second kappa shape index (κ2) is 5.14. The summed E-state index contributed by atoms with van der Waals surface area (Å²) in [5.41, 5.74) is 2.14. The average molecular weight is 292 g/mol. The van der Waals surface area contributed by atoms with Crippen molar-refractivity contribution in [3.63, 3.8) is 0 Å². The smallest absolute Gasteiger partial charge is 0.171 e. The van der Waals surface area contributed by atoms with Gasteiger partial charge in [-0.15, -0.1) is 0 Å². The lowest BCUT2D eigenvalue weighted by molar-refractivity contribution is -0.118. The molecule has 1 atom stereocenters. The van der Waals surface area contributed by atoms with Gasteiger partial charge in [-0.25, -0.2) is 0 Å². The minimum Gasteiger partial charge on any atom is -0.355 e. The van der Waals surface area contributed by atoms with Crippen molar-refractivity contribution < 1.29 is 4.79 Å². The highest BCUT2D eigenvalue weighted by atomic mass is 32.1. The lowest BCUT2D eigenvalue weighted by Gasteiger charge is -2.42. The standard InChI is InChI=1S/C16H24N2OS/c1-16(2)8-11-13(12(19)9-16)14(18-15(20)17-11)10-6-4-3-5-7-10/h10,14H,3-9H2,1-2H3,(H2,17,18,20). The fraction of sp³-hybridized carbons (Fsp3) is 0.750. The van der Waals surface area contributed by atoms with E-state index in [0.717, 1.165) is 17.7 Å². The second-order valence-electron chi connectivity index (χ2n) is 7.31. The molecule has 2 N–H and O–H groups in total. The number of hydrogen-bond acceptors (Lipinski definition) is 2.